The molecular weight excluding hydrogens is 179 g/mol. The molecule has 2 aliphatic rings. The second-order valence-electron chi connectivity index (χ2n) is 4.64. The van der Waals surface area contributed by atoms with Gasteiger partial charge in [0.25, 0.3) is 0 Å². The highest BCUT2D eigenvalue weighted by Crippen LogP contribution is 2.61. The number of nitrogens with two attached hydrogens (primary N) is 1. The zero-order valence-corrected chi connectivity index (χ0v) is 7.45. The van der Waals surface area contributed by atoms with Gasteiger partial charge in [0, 0.05) is 5.54 Å². The minimum absolute atomic E-state index is 0.235. The SMILES string of the molecule is NC1(CCC2(C(F)(F)F)CC2)CC1. The first-order chi connectivity index (χ1) is 5.87. The minimum Gasteiger partial charge on any atom is -0.325 e. The van der Waals surface area contributed by atoms with Crippen LogP contribution in [0, 0.1) is 5.41 Å². The van der Waals surface area contributed by atoms with Crippen molar-refractivity contribution in [1.82, 2.24) is 0 Å². The fourth-order valence-electron chi connectivity index (χ4n) is 1.72. The number of hydrogen-bond acceptors (Lipinski definition) is 1. The predicted octanol–water partition coefficient (Wildman–Crippen LogP) is 2.60. The normalized spacial score (nSPS) is 28.6. The summed E-state index contributed by atoms with van der Waals surface area (Å²) in [5.74, 6) is 0. The van der Waals surface area contributed by atoms with Crippen molar-refractivity contribution in [2.75, 3.05) is 0 Å². The number of alkyl halides is 3. The molecule has 2 rings (SSSR count). The van der Waals surface area contributed by atoms with Crippen molar-refractivity contribution >= 4 is 0 Å². The molecule has 0 aromatic heterocycles. The van der Waals surface area contributed by atoms with Gasteiger partial charge in [0.1, 0.15) is 0 Å². The molecule has 0 amide bonds. The molecule has 13 heavy (non-hydrogen) atoms. The maximum Gasteiger partial charge on any atom is 0.394 e. The summed E-state index contributed by atoms with van der Waals surface area (Å²) in [5.41, 5.74) is 4.18. The van der Waals surface area contributed by atoms with E-state index < -0.39 is 11.6 Å². The third kappa shape index (κ3) is 1.68. The second-order valence-corrected chi connectivity index (χ2v) is 4.64. The van der Waals surface area contributed by atoms with Crippen LogP contribution in [0.25, 0.3) is 0 Å². The average molecular weight is 193 g/mol. The average Bonchev–Trinajstić information content (AvgIpc) is 2.79. The monoisotopic (exact) mass is 193 g/mol. The van der Waals surface area contributed by atoms with Gasteiger partial charge in [0.05, 0.1) is 5.41 Å². The zero-order valence-electron chi connectivity index (χ0n) is 7.45. The summed E-state index contributed by atoms with van der Waals surface area (Å²) < 4.78 is 37.4. The zero-order chi connectivity index (χ0) is 9.74. The fourth-order valence-corrected chi connectivity index (χ4v) is 1.72. The maximum atomic E-state index is 12.5. The van der Waals surface area contributed by atoms with Gasteiger partial charge in [-0.05, 0) is 38.5 Å². The molecule has 2 saturated carbocycles. The van der Waals surface area contributed by atoms with Crippen molar-refractivity contribution in [3.05, 3.63) is 0 Å². The van der Waals surface area contributed by atoms with Crippen LogP contribution in [0.2, 0.25) is 0 Å². The molecule has 0 heterocycles. The minimum atomic E-state index is -4.00. The van der Waals surface area contributed by atoms with Crippen LogP contribution in [-0.2, 0) is 0 Å². The van der Waals surface area contributed by atoms with E-state index in [0.29, 0.717) is 19.3 Å². The largest absolute Gasteiger partial charge is 0.394 e. The van der Waals surface area contributed by atoms with Crippen LogP contribution in [0.5, 0.6) is 0 Å². The Morgan fingerprint density at radius 1 is 1.00 bits per heavy atom. The van der Waals surface area contributed by atoms with Crippen LogP contribution in [0.4, 0.5) is 13.2 Å². The van der Waals surface area contributed by atoms with E-state index in [1.807, 2.05) is 0 Å². The third-order valence-electron chi connectivity index (χ3n) is 3.45. The highest BCUT2D eigenvalue weighted by molar-refractivity contribution is 5.05. The van der Waals surface area contributed by atoms with Crippen LogP contribution < -0.4 is 5.73 Å². The number of rotatable bonds is 3. The lowest BCUT2D eigenvalue weighted by atomic mass is 9.96. The van der Waals surface area contributed by atoms with E-state index in [1.54, 1.807) is 0 Å². The molecule has 0 aromatic carbocycles. The van der Waals surface area contributed by atoms with Crippen LogP contribution in [-0.4, -0.2) is 11.7 Å². The molecule has 0 aliphatic heterocycles. The third-order valence-corrected chi connectivity index (χ3v) is 3.45. The Morgan fingerprint density at radius 2 is 1.54 bits per heavy atom. The maximum absolute atomic E-state index is 12.5. The number of hydrogen-bond donors (Lipinski definition) is 1. The van der Waals surface area contributed by atoms with E-state index in [-0.39, 0.29) is 12.0 Å². The molecule has 76 valence electrons. The summed E-state index contributed by atoms with van der Waals surface area (Å²) >= 11 is 0. The highest BCUT2D eigenvalue weighted by atomic mass is 19.4. The van der Waals surface area contributed by atoms with Crippen LogP contribution >= 0.6 is 0 Å². The van der Waals surface area contributed by atoms with Crippen LogP contribution in [0.15, 0.2) is 0 Å². The Balaban J connectivity index is 1.87. The lowest BCUT2D eigenvalue weighted by Crippen LogP contribution is -2.29. The molecule has 2 aliphatic carbocycles. The van der Waals surface area contributed by atoms with Gasteiger partial charge >= 0.3 is 6.18 Å². The summed E-state index contributed by atoms with van der Waals surface area (Å²) in [6.45, 7) is 0. The lowest BCUT2D eigenvalue weighted by Gasteiger charge is -2.20. The van der Waals surface area contributed by atoms with Crippen LogP contribution in [0.3, 0.4) is 0 Å². The van der Waals surface area contributed by atoms with Gasteiger partial charge in [0.15, 0.2) is 0 Å². The van der Waals surface area contributed by atoms with Gasteiger partial charge in [0.2, 0.25) is 0 Å². The summed E-state index contributed by atoms with van der Waals surface area (Å²) in [6, 6.07) is 0. The molecule has 0 saturated heterocycles. The van der Waals surface area contributed by atoms with E-state index >= 15 is 0 Å². The molecule has 2 N–H and O–H groups in total. The number of halogens is 3. The molecule has 0 aromatic rings. The first-order valence-electron chi connectivity index (χ1n) is 4.73. The van der Waals surface area contributed by atoms with E-state index in [0.717, 1.165) is 12.8 Å². The van der Waals surface area contributed by atoms with E-state index in [1.165, 1.54) is 0 Å². The summed E-state index contributed by atoms with van der Waals surface area (Å²) in [6.07, 6.45) is -0.779. The molecule has 2 fully saturated rings. The molecule has 0 bridgehead atoms. The van der Waals surface area contributed by atoms with E-state index in [2.05, 4.69) is 0 Å². The molecule has 0 unspecified atom stereocenters. The highest BCUT2D eigenvalue weighted by Gasteiger charge is 2.63. The van der Waals surface area contributed by atoms with Gasteiger partial charge in [-0.1, -0.05) is 0 Å². The first-order valence-corrected chi connectivity index (χ1v) is 4.73. The van der Waals surface area contributed by atoms with Crippen molar-refractivity contribution < 1.29 is 13.2 Å². The van der Waals surface area contributed by atoms with Crippen molar-refractivity contribution in [3.63, 3.8) is 0 Å². The predicted molar refractivity (Wildman–Crippen MR) is 43.1 cm³/mol. The summed E-state index contributed by atoms with van der Waals surface area (Å²) in [4.78, 5) is 0. The fraction of sp³-hybridized carbons (Fsp3) is 1.00. The Bertz CT molecular complexity index is 213. The Hall–Kier alpha value is -0.250. The van der Waals surface area contributed by atoms with Crippen molar-refractivity contribution in [2.45, 2.75) is 50.2 Å². The first kappa shape index (κ1) is 9.31. The van der Waals surface area contributed by atoms with Crippen molar-refractivity contribution in [3.8, 4) is 0 Å². The smallest absolute Gasteiger partial charge is 0.325 e. The molecule has 0 spiro atoms. The topological polar surface area (TPSA) is 26.0 Å². The lowest BCUT2D eigenvalue weighted by molar-refractivity contribution is -0.189. The van der Waals surface area contributed by atoms with Crippen LogP contribution in [0.1, 0.15) is 38.5 Å². The summed E-state index contributed by atoms with van der Waals surface area (Å²) in [7, 11) is 0. The molecular formula is C9H14F3N. The van der Waals surface area contributed by atoms with Gasteiger partial charge in [-0.3, -0.25) is 0 Å². The Kier molecular flexibility index (Phi) is 1.72. The second kappa shape index (κ2) is 2.41. The molecule has 0 atom stereocenters. The van der Waals surface area contributed by atoms with E-state index in [4.69, 9.17) is 5.73 Å². The molecule has 4 heteroatoms. The van der Waals surface area contributed by atoms with Crippen molar-refractivity contribution in [2.24, 2.45) is 11.1 Å². The van der Waals surface area contributed by atoms with Gasteiger partial charge in [-0.15, -0.1) is 0 Å². The van der Waals surface area contributed by atoms with Gasteiger partial charge < -0.3 is 5.73 Å². The standard InChI is InChI=1S/C9H14F3N/c10-9(11,12)7(1-2-7)3-4-8(13)5-6-8/h1-6,13H2. The van der Waals surface area contributed by atoms with Crippen molar-refractivity contribution in [1.29, 1.82) is 0 Å². The quantitative estimate of drug-likeness (QED) is 0.732. The Morgan fingerprint density at radius 3 is 1.85 bits per heavy atom. The molecule has 1 nitrogen and oxygen atoms in total. The van der Waals surface area contributed by atoms with Gasteiger partial charge in [-0.25, -0.2) is 0 Å². The van der Waals surface area contributed by atoms with E-state index in [9.17, 15) is 13.2 Å². The Labute approximate surface area is 75.5 Å². The summed E-state index contributed by atoms with van der Waals surface area (Å²) in [5, 5.41) is 0. The molecule has 0 radical (unpaired) electrons. The van der Waals surface area contributed by atoms with Gasteiger partial charge in [-0.2, -0.15) is 13.2 Å².